The molecule has 0 aromatic carbocycles. The molecular weight excluding hydrogens is 252 g/mol. The van der Waals surface area contributed by atoms with Crippen LogP contribution in [-0.2, 0) is 11.2 Å². The smallest absolute Gasteiger partial charge is 0.227 e. The molecule has 0 aliphatic carbocycles. The molecule has 1 unspecified atom stereocenters. The van der Waals surface area contributed by atoms with Crippen molar-refractivity contribution in [2.24, 2.45) is 11.1 Å². The Balaban J connectivity index is 2.64. The van der Waals surface area contributed by atoms with Crippen LogP contribution in [0.3, 0.4) is 0 Å². The average Bonchev–Trinajstić information content (AvgIpc) is 2.90. The van der Waals surface area contributed by atoms with Crippen molar-refractivity contribution in [2.75, 3.05) is 6.54 Å². The number of carbonyl (C=O) groups excluding carboxylic acids is 1. The first-order valence-corrected chi connectivity index (χ1v) is 7.61. The number of furan rings is 1. The summed E-state index contributed by atoms with van der Waals surface area (Å²) in [5, 5.41) is 3.10. The van der Waals surface area contributed by atoms with Gasteiger partial charge in [-0.2, -0.15) is 0 Å². The fourth-order valence-corrected chi connectivity index (χ4v) is 2.76. The largest absolute Gasteiger partial charge is 0.469 e. The van der Waals surface area contributed by atoms with Gasteiger partial charge in [0.05, 0.1) is 11.7 Å². The van der Waals surface area contributed by atoms with Gasteiger partial charge in [0.2, 0.25) is 5.91 Å². The molecule has 1 rings (SSSR count). The molecule has 1 heterocycles. The summed E-state index contributed by atoms with van der Waals surface area (Å²) in [5.41, 5.74) is 5.50. The molecule has 0 aliphatic rings. The van der Waals surface area contributed by atoms with Crippen LogP contribution in [0.2, 0.25) is 0 Å². The van der Waals surface area contributed by atoms with E-state index in [1.807, 2.05) is 19.1 Å². The monoisotopic (exact) mass is 280 g/mol. The molecule has 0 bridgehead atoms. The first-order chi connectivity index (χ1) is 9.57. The van der Waals surface area contributed by atoms with E-state index < -0.39 is 5.41 Å². The Morgan fingerprint density at radius 1 is 1.40 bits per heavy atom. The summed E-state index contributed by atoms with van der Waals surface area (Å²) in [6.45, 7) is 6.60. The Labute approximate surface area is 122 Å². The summed E-state index contributed by atoms with van der Waals surface area (Å²) in [4.78, 5) is 12.6. The number of hydrogen-bond donors (Lipinski definition) is 2. The Morgan fingerprint density at radius 3 is 2.50 bits per heavy atom. The minimum Gasteiger partial charge on any atom is -0.469 e. The molecule has 0 spiro atoms. The molecule has 0 saturated heterocycles. The van der Waals surface area contributed by atoms with Crippen molar-refractivity contribution in [3.05, 3.63) is 24.2 Å². The normalized spacial score (nSPS) is 13.2. The van der Waals surface area contributed by atoms with Crippen LogP contribution >= 0.6 is 0 Å². The lowest BCUT2D eigenvalue weighted by Gasteiger charge is -2.32. The number of nitrogens with two attached hydrogens (primary N) is 1. The Morgan fingerprint density at radius 2 is 2.05 bits per heavy atom. The van der Waals surface area contributed by atoms with Crippen LogP contribution in [0.15, 0.2) is 22.8 Å². The van der Waals surface area contributed by atoms with Gasteiger partial charge in [0.15, 0.2) is 0 Å². The summed E-state index contributed by atoms with van der Waals surface area (Å²) in [6, 6.07) is 3.84. The van der Waals surface area contributed by atoms with Gasteiger partial charge in [-0.25, -0.2) is 0 Å². The van der Waals surface area contributed by atoms with Crippen LogP contribution in [0.5, 0.6) is 0 Å². The Kier molecular flexibility index (Phi) is 6.79. The van der Waals surface area contributed by atoms with Gasteiger partial charge in [0, 0.05) is 19.0 Å². The second-order valence-corrected chi connectivity index (χ2v) is 5.64. The van der Waals surface area contributed by atoms with Crippen molar-refractivity contribution in [1.29, 1.82) is 0 Å². The Bertz CT molecular complexity index is 381. The van der Waals surface area contributed by atoms with Crippen LogP contribution in [-0.4, -0.2) is 18.5 Å². The second kappa shape index (κ2) is 8.10. The zero-order valence-electron chi connectivity index (χ0n) is 12.9. The van der Waals surface area contributed by atoms with Gasteiger partial charge in [-0.3, -0.25) is 4.79 Å². The van der Waals surface area contributed by atoms with Gasteiger partial charge < -0.3 is 15.5 Å². The topological polar surface area (TPSA) is 68.3 Å². The number of hydrogen-bond acceptors (Lipinski definition) is 3. The molecule has 0 aliphatic heterocycles. The third-order valence-electron chi connectivity index (χ3n) is 3.79. The molecule has 20 heavy (non-hydrogen) atoms. The van der Waals surface area contributed by atoms with Crippen molar-refractivity contribution in [3.63, 3.8) is 0 Å². The Hall–Kier alpha value is -1.29. The predicted molar refractivity (Wildman–Crippen MR) is 81.3 cm³/mol. The zero-order chi connectivity index (χ0) is 15.0. The van der Waals surface area contributed by atoms with Gasteiger partial charge in [-0.05, 0) is 31.9 Å². The lowest BCUT2D eigenvalue weighted by molar-refractivity contribution is -0.132. The quantitative estimate of drug-likeness (QED) is 0.731. The highest BCUT2D eigenvalue weighted by atomic mass is 16.3. The number of rotatable bonds is 9. The first-order valence-electron chi connectivity index (χ1n) is 7.61. The van der Waals surface area contributed by atoms with Crippen LogP contribution in [0.25, 0.3) is 0 Å². The van der Waals surface area contributed by atoms with E-state index in [1.165, 1.54) is 0 Å². The second-order valence-electron chi connectivity index (χ2n) is 5.64. The summed E-state index contributed by atoms with van der Waals surface area (Å²) < 4.78 is 5.32. The highest BCUT2D eigenvalue weighted by molar-refractivity contribution is 5.83. The average molecular weight is 280 g/mol. The molecule has 1 aromatic heterocycles. The first kappa shape index (κ1) is 16.8. The summed E-state index contributed by atoms with van der Waals surface area (Å²) >= 11 is 0. The molecule has 0 saturated carbocycles. The highest BCUT2D eigenvalue weighted by Gasteiger charge is 2.35. The van der Waals surface area contributed by atoms with Crippen molar-refractivity contribution in [2.45, 2.75) is 58.9 Å². The number of amides is 1. The third-order valence-corrected chi connectivity index (χ3v) is 3.79. The standard InChI is InChI=1S/C16H28N2O2/c1-4-8-16(12-17,9-5-2)15(19)18-13(3)11-14-7-6-10-20-14/h6-7,10,13H,4-5,8-9,11-12,17H2,1-3H3,(H,18,19). The van der Waals surface area contributed by atoms with E-state index in [-0.39, 0.29) is 11.9 Å². The molecule has 0 fully saturated rings. The van der Waals surface area contributed by atoms with Gasteiger partial charge >= 0.3 is 0 Å². The number of nitrogens with one attached hydrogen (secondary N) is 1. The summed E-state index contributed by atoms with van der Waals surface area (Å²) in [5.74, 6) is 0.977. The molecule has 1 atom stereocenters. The van der Waals surface area contributed by atoms with Crippen molar-refractivity contribution < 1.29 is 9.21 Å². The maximum Gasteiger partial charge on any atom is 0.227 e. The van der Waals surface area contributed by atoms with Crippen molar-refractivity contribution in [3.8, 4) is 0 Å². The van der Waals surface area contributed by atoms with Crippen LogP contribution in [0.4, 0.5) is 0 Å². The maximum atomic E-state index is 12.6. The molecule has 1 aromatic rings. The lowest BCUT2D eigenvalue weighted by Crippen LogP contribution is -2.49. The van der Waals surface area contributed by atoms with Crippen LogP contribution in [0, 0.1) is 5.41 Å². The van der Waals surface area contributed by atoms with Gasteiger partial charge in [0.25, 0.3) is 0 Å². The third kappa shape index (κ3) is 4.37. The van der Waals surface area contributed by atoms with E-state index in [1.54, 1.807) is 6.26 Å². The fourth-order valence-electron chi connectivity index (χ4n) is 2.76. The molecule has 4 nitrogen and oxygen atoms in total. The van der Waals surface area contributed by atoms with Crippen LogP contribution < -0.4 is 11.1 Å². The summed E-state index contributed by atoms with van der Waals surface area (Å²) in [6.07, 6.45) is 5.99. The number of carbonyl (C=O) groups is 1. The fraction of sp³-hybridized carbons (Fsp3) is 0.688. The van der Waals surface area contributed by atoms with Gasteiger partial charge in [0.1, 0.15) is 5.76 Å². The molecule has 4 heteroatoms. The zero-order valence-corrected chi connectivity index (χ0v) is 12.9. The van der Waals surface area contributed by atoms with Gasteiger partial charge in [-0.15, -0.1) is 0 Å². The maximum absolute atomic E-state index is 12.6. The summed E-state index contributed by atoms with van der Waals surface area (Å²) in [7, 11) is 0. The molecule has 1 amide bonds. The van der Waals surface area contributed by atoms with Crippen LogP contribution in [0.1, 0.15) is 52.2 Å². The SMILES string of the molecule is CCCC(CN)(CCC)C(=O)NC(C)Cc1ccco1. The van der Waals surface area contributed by atoms with E-state index in [0.717, 1.165) is 31.4 Å². The molecular formula is C16H28N2O2. The molecule has 0 radical (unpaired) electrons. The van der Waals surface area contributed by atoms with E-state index in [2.05, 4.69) is 19.2 Å². The van der Waals surface area contributed by atoms with E-state index in [9.17, 15) is 4.79 Å². The lowest BCUT2D eigenvalue weighted by atomic mass is 9.78. The minimum atomic E-state index is -0.416. The van der Waals surface area contributed by atoms with E-state index >= 15 is 0 Å². The van der Waals surface area contributed by atoms with Crippen molar-refractivity contribution >= 4 is 5.91 Å². The highest BCUT2D eigenvalue weighted by Crippen LogP contribution is 2.29. The molecule has 3 N–H and O–H groups in total. The van der Waals surface area contributed by atoms with E-state index in [0.29, 0.717) is 13.0 Å². The van der Waals surface area contributed by atoms with Crippen molar-refractivity contribution in [1.82, 2.24) is 5.32 Å². The predicted octanol–water partition coefficient (Wildman–Crippen LogP) is 2.87. The van der Waals surface area contributed by atoms with Gasteiger partial charge in [-0.1, -0.05) is 26.7 Å². The van der Waals surface area contributed by atoms with E-state index in [4.69, 9.17) is 10.2 Å². The molecule has 114 valence electrons. The minimum absolute atomic E-state index is 0.0493.